The third-order valence-electron chi connectivity index (χ3n) is 9.71. The number of aliphatic hydroxyl groups is 2. The second-order valence-corrected chi connectivity index (χ2v) is 12.3. The number of aliphatic hydroxyl groups excluding tert-OH is 2. The summed E-state index contributed by atoms with van der Waals surface area (Å²) in [7, 11) is 0. The van der Waals surface area contributed by atoms with Gasteiger partial charge < -0.3 is 24.4 Å². The Labute approximate surface area is 227 Å². The Hall–Kier alpha value is -2.23. The summed E-state index contributed by atoms with van der Waals surface area (Å²) in [5.41, 5.74) is -1.14. The predicted octanol–water partition coefficient (Wildman–Crippen LogP) is 2.45. The molecule has 5 unspecified atom stereocenters. The minimum absolute atomic E-state index is 0.207. The molecule has 2 aliphatic heterocycles. The molecule has 1 aromatic rings. The topological polar surface area (TPSA) is 151 Å². The fourth-order valence-corrected chi connectivity index (χ4v) is 8.09. The van der Waals surface area contributed by atoms with Gasteiger partial charge in [0.05, 0.1) is 6.61 Å². The number of halogens is 2. The minimum atomic E-state index is -3.84. The number of ether oxygens (including phenoxy) is 3. The number of hydrogen-bond acceptors (Lipinski definition) is 10. The highest BCUT2D eigenvalue weighted by Crippen LogP contribution is 2.63. The third kappa shape index (κ3) is 4.18. The van der Waals surface area contributed by atoms with Gasteiger partial charge in [-0.1, -0.05) is 0 Å². The molecule has 40 heavy (non-hydrogen) atoms. The Morgan fingerprint density at radius 1 is 1.18 bits per heavy atom. The van der Waals surface area contributed by atoms with Crippen LogP contribution in [0.25, 0.3) is 0 Å². The first-order valence-electron chi connectivity index (χ1n) is 14.1. The molecule has 4 bridgehead atoms. The van der Waals surface area contributed by atoms with Crippen molar-refractivity contribution in [2.45, 2.75) is 99.8 Å². The number of nitrogens with zero attached hydrogens (tertiary/aromatic N) is 2. The van der Waals surface area contributed by atoms with E-state index in [4.69, 9.17) is 29.1 Å². The lowest BCUT2D eigenvalue weighted by molar-refractivity contribution is -0.390. The number of rotatable bonds is 4. The number of amides is 1. The van der Waals surface area contributed by atoms with Gasteiger partial charge in [-0.3, -0.25) is 9.88 Å². The summed E-state index contributed by atoms with van der Waals surface area (Å²) >= 11 is 0. The quantitative estimate of drug-likeness (QED) is 0.462. The largest absolute Gasteiger partial charge is 0.446 e. The molecule has 5 aliphatic carbocycles. The lowest BCUT2D eigenvalue weighted by Crippen LogP contribution is -2.59. The zero-order valence-corrected chi connectivity index (χ0v) is 21.7. The van der Waals surface area contributed by atoms with Crippen LogP contribution in [0.3, 0.4) is 0 Å². The third-order valence-corrected chi connectivity index (χ3v) is 9.71. The number of alkyl halides is 2. The summed E-state index contributed by atoms with van der Waals surface area (Å²) in [6, 6.07) is 1.14. The van der Waals surface area contributed by atoms with E-state index >= 15 is 0 Å². The molecule has 7 aliphatic rings. The molecule has 2 spiro atoms. The van der Waals surface area contributed by atoms with Crippen molar-refractivity contribution in [2.24, 2.45) is 23.7 Å². The normalized spacial score (nSPS) is 44.9. The van der Waals surface area contributed by atoms with Crippen LogP contribution in [0.5, 0.6) is 0 Å². The molecule has 1 aromatic heterocycles. The SMILES string of the molecule is O=C(Nc1ccn(C2OC(CO)C(O)C2(F)F)c(=O)n1)OC1CCCC2(C1)OOC1(O2)C2CC3CC(C2)CC1C3. The molecule has 5 atom stereocenters. The molecular formula is C26H33F2N3O9. The highest BCUT2D eigenvalue weighted by Gasteiger charge is 2.67. The van der Waals surface area contributed by atoms with Crippen LogP contribution in [0, 0.1) is 23.7 Å². The van der Waals surface area contributed by atoms with E-state index in [1.54, 1.807) is 0 Å². The Bertz CT molecular complexity index is 1200. The molecule has 3 heterocycles. The van der Waals surface area contributed by atoms with Crippen LogP contribution < -0.4 is 11.0 Å². The van der Waals surface area contributed by atoms with Crippen molar-refractivity contribution in [3.63, 3.8) is 0 Å². The van der Waals surface area contributed by atoms with Crippen LogP contribution in [0.1, 0.15) is 64.0 Å². The first-order chi connectivity index (χ1) is 19.1. The Morgan fingerprint density at radius 3 is 2.55 bits per heavy atom. The molecule has 7 fully saturated rings. The molecule has 14 heteroatoms. The van der Waals surface area contributed by atoms with E-state index in [1.165, 1.54) is 6.42 Å². The summed E-state index contributed by atoms with van der Waals surface area (Å²) in [5.74, 6) is -3.65. The summed E-state index contributed by atoms with van der Waals surface area (Å²) in [4.78, 5) is 40.7. The Balaban J connectivity index is 0.984. The van der Waals surface area contributed by atoms with E-state index in [0.717, 1.165) is 49.8 Å². The molecule has 2 saturated heterocycles. The molecule has 1 amide bonds. The van der Waals surface area contributed by atoms with Crippen molar-refractivity contribution in [1.82, 2.24) is 9.55 Å². The monoisotopic (exact) mass is 569 g/mol. The van der Waals surface area contributed by atoms with Crippen LogP contribution in [0.15, 0.2) is 17.1 Å². The smallest absolute Gasteiger partial charge is 0.413 e. The van der Waals surface area contributed by atoms with E-state index in [2.05, 4.69) is 10.3 Å². The van der Waals surface area contributed by atoms with Gasteiger partial charge in [-0.05, 0) is 62.8 Å². The van der Waals surface area contributed by atoms with Gasteiger partial charge >= 0.3 is 17.7 Å². The summed E-state index contributed by atoms with van der Waals surface area (Å²) in [5, 5.41) is 21.2. The van der Waals surface area contributed by atoms with E-state index in [-0.39, 0.29) is 5.82 Å². The maximum Gasteiger partial charge on any atom is 0.413 e. The number of hydrogen-bond donors (Lipinski definition) is 3. The second-order valence-electron chi connectivity index (χ2n) is 12.3. The van der Waals surface area contributed by atoms with Crippen LogP contribution in [-0.4, -0.2) is 68.3 Å². The van der Waals surface area contributed by atoms with E-state index in [0.29, 0.717) is 42.1 Å². The molecule has 5 saturated carbocycles. The Kier molecular flexibility index (Phi) is 6.26. The molecule has 8 rings (SSSR count). The van der Waals surface area contributed by atoms with E-state index < -0.39 is 60.4 Å². The fourth-order valence-electron chi connectivity index (χ4n) is 8.09. The van der Waals surface area contributed by atoms with Crippen molar-refractivity contribution < 1.29 is 47.8 Å². The zero-order chi connectivity index (χ0) is 27.9. The van der Waals surface area contributed by atoms with Gasteiger partial charge in [0.25, 0.3) is 0 Å². The molecule has 0 radical (unpaired) electrons. The highest BCUT2D eigenvalue weighted by atomic mass is 19.3. The lowest BCUT2D eigenvalue weighted by Gasteiger charge is -2.57. The van der Waals surface area contributed by atoms with Gasteiger partial charge in [-0.25, -0.2) is 9.59 Å². The van der Waals surface area contributed by atoms with Crippen LogP contribution >= 0.6 is 0 Å². The average molecular weight is 570 g/mol. The number of aromatic nitrogens is 2. The predicted molar refractivity (Wildman–Crippen MR) is 129 cm³/mol. The second kappa shape index (κ2) is 9.39. The summed E-state index contributed by atoms with van der Waals surface area (Å²) in [6.45, 7) is -0.853. The van der Waals surface area contributed by atoms with Crippen molar-refractivity contribution in [2.75, 3.05) is 11.9 Å². The van der Waals surface area contributed by atoms with Gasteiger partial charge in [-0.2, -0.15) is 23.5 Å². The fraction of sp³-hybridized carbons (Fsp3) is 0.808. The van der Waals surface area contributed by atoms with Crippen LogP contribution in [0.4, 0.5) is 19.4 Å². The highest BCUT2D eigenvalue weighted by molar-refractivity contribution is 5.83. The van der Waals surface area contributed by atoms with E-state index in [9.17, 15) is 23.5 Å². The zero-order valence-electron chi connectivity index (χ0n) is 21.7. The van der Waals surface area contributed by atoms with Gasteiger partial charge in [0.15, 0.2) is 6.10 Å². The van der Waals surface area contributed by atoms with E-state index in [1.807, 2.05) is 0 Å². The lowest BCUT2D eigenvalue weighted by atomic mass is 9.53. The van der Waals surface area contributed by atoms with Gasteiger partial charge in [0, 0.05) is 30.9 Å². The van der Waals surface area contributed by atoms with Crippen molar-refractivity contribution in [3.05, 3.63) is 22.7 Å². The maximum atomic E-state index is 14.4. The standard InChI is InChI=1S/C26H33F2N3O9/c27-25(28)20(33)18(12-32)37-21(25)31-5-3-19(29-22(31)34)30-23(35)36-17-2-1-4-24(11-17)38-26(40-39-24)15-7-13-6-14(9-15)10-16(26)8-13/h3,5,13-18,20-21,32-33H,1-2,4,6-12H2,(H,29,30,34,35). The number of carbonyl (C=O) groups is 1. The first kappa shape index (κ1) is 26.7. The van der Waals surface area contributed by atoms with Gasteiger partial charge in [0.1, 0.15) is 18.0 Å². The van der Waals surface area contributed by atoms with Crippen LogP contribution in [-0.2, 0) is 24.0 Å². The number of nitrogens with one attached hydrogen (secondary N) is 1. The van der Waals surface area contributed by atoms with Crippen molar-refractivity contribution in [1.29, 1.82) is 0 Å². The molecular weight excluding hydrogens is 536 g/mol. The van der Waals surface area contributed by atoms with Gasteiger partial charge in [-0.15, -0.1) is 0 Å². The molecule has 12 nitrogen and oxygen atoms in total. The Morgan fingerprint density at radius 2 is 1.90 bits per heavy atom. The minimum Gasteiger partial charge on any atom is -0.446 e. The van der Waals surface area contributed by atoms with Crippen LogP contribution in [0.2, 0.25) is 0 Å². The number of carbonyl (C=O) groups excluding carboxylic acids is 1. The molecule has 3 N–H and O–H groups in total. The molecule has 0 aromatic carbocycles. The summed E-state index contributed by atoms with van der Waals surface area (Å²) < 4.78 is 46.6. The maximum absolute atomic E-state index is 14.4. The molecule has 220 valence electrons. The average Bonchev–Trinajstić information content (AvgIpc) is 3.37. The summed E-state index contributed by atoms with van der Waals surface area (Å²) in [6.07, 6.45) is 1.42. The van der Waals surface area contributed by atoms with Crippen molar-refractivity contribution in [3.8, 4) is 0 Å². The van der Waals surface area contributed by atoms with Gasteiger partial charge in [0.2, 0.25) is 17.8 Å². The first-order valence-corrected chi connectivity index (χ1v) is 14.1. The van der Waals surface area contributed by atoms with Crippen molar-refractivity contribution >= 4 is 11.9 Å². The number of anilines is 1.